The molecule has 1 heterocycles. The molecule has 2 aromatic rings. The zero-order chi connectivity index (χ0) is 13.1. The lowest BCUT2D eigenvalue weighted by atomic mass is 10.2. The molecule has 0 aliphatic rings. The summed E-state index contributed by atoms with van der Waals surface area (Å²) in [6.07, 6.45) is 1.00. The van der Waals surface area contributed by atoms with Gasteiger partial charge in [-0.25, -0.2) is 0 Å². The number of carbonyl (C=O) groups is 1. The number of hydrogen-bond donors (Lipinski definition) is 2. The minimum absolute atomic E-state index is 0.166. The number of hydrogen-bond acceptors (Lipinski definition) is 4. The molecule has 1 aromatic carbocycles. The van der Waals surface area contributed by atoms with Crippen molar-refractivity contribution in [3.05, 3.63) is 51.8 Å². The second-order valence-corrected chi connectivity index (χ2v) is 3.71. The maximum Gasteiger partial charge on any atom is 0.319 e. The van der Waals surface area contributed by atoms with Crippen molar-refractivity contribution in [1.29, 1.82) is 0 Å². The molecule has 0 unspecified atom stereocenters. The van der Waals surface area contributed by atoms with Crippen LogP contribution in [0.2, 0.25) is 0 Å². The lowest BCUT2D eigenvalue weighted by molar-refractivity contribution is -0.385. The molecule has 7 heteroatoms. The van der Waals surface area contributed by atoms with E-state index >= 15 is 0 Å². The van der Waals surface area contributed by atoms with Crippen molar-refractivity contribution < 1.29 is 9.72 Å². The number of aromatic amines is 1. The van der Waals surface area contributed by atoms with Crippen LogP contribution in [-0.4, -0.2) is 21.0 Å². The third-order valence-electron chi connectivity index (χ3n) is 2.35. The van der Waals surface area contributed by atoms with Crippen LogP contribution in [0.4, 0.5) is 11.4 Å². The van der Waals surface area contributed by atoms with E-state index in [9.17, 15) is 14.9 Å². The van der Waals surface area contributed by atoms with Crippen molar-refractivity contribution in [3.8, 4) is 0 Å². The van der Waals surface area contributed by atoms with Crippen LogP contribution < -0.4 is 5.32 Å². The Labute approximate surface area is 102 Å². The fourth-order valence-corrected chi connectivity index (χ4v) is 1.42. The first kappa shape index (κ1) is 11.8. The molecular weight excluding hydrogens is 236 g/mol. The first-order valence-electron chi connectivity index (χ1n) is 5.13. The van der Waals surface area contributed by atoms with Crippen molar-refractivity contribution in [1.82, 2.24) is 10.2 Å². The number of H-pyrrole nitrogens is 1. The Morgan fingerprint density at radius 2 is 2.06 bits per heavy atom. The Morgan fingerprint density at radius 3 is 2.67 bits per heavy atom. The van der Waals surface area contributed by atoms with Crippen LogP contribution in [0.3, 0.4) is 0 Å². The SMILES string of the molecule is Cc1ccc(NC(=O)c2[nH]ncc2[N+](=O)[O-])cc1. The normalized spacial score (nSPS) is 10.1. The van der Waals surface area contributed by atoms with Gasteiger partial charge >= 0.3 is 5.69 Å². The molecule has 0 bridgehead atoms. The average Bonchev–Trinajstić information content (AvgIpc) is 2.81. The number of anilines is 1. The molecule has 2 N–H and O–H groups in total. The topological polar surface area (TPSA) is 101 Å². The van der Waals surface area contributed by atoms with Gasteiger partial charge in [0.15, 0.2) is 0 Å². The summed E-state index contributed by atoms with van der Waals surface area (Å²) in [7, 11) is 0. The minimum Gasteiger partial charge on any atom is -0.320 e. The standard InChI is InChI=1S/C11H10N4O3/c1-7-2-4-8(5-3-7)13-11(16)10-9(15(17)18)6-12-14-10/h2-6H,1H3,(H,12,14)(H,13,16). The van der Waals surface area contributed by atoms with E-state index < -0.39 is 10.8 Å². The van der Waals surface area contributed by atoms with Gasteiger partial charge in [0, 0.05) is 5.69 Å². The molecule has 18 heavy (non-hydrogen) atoms. The number of rotatable bonds is 3. The van der Waals surface area contributed by atoms with Gasteiger partial charge in [0.05, 0.1) is 4.92 Å². The molecule has 0 saturated carbocycles. The Morgan fingerprint density at radius 1 is 1.39 bits per heavy atom. The van der Waals surface area contributed by atoms with Crippen molar-refractivity contribution in [3.63, 3.8) is 0 Å². The van der Waals surface area contributed by atoms with Gasteiger partial charge in [-0.05, 0) is 19.1 Å². The number of benzene rings is 1. The number of nitrogens with one attached hydrogen (secondary N) is 2. The summed E-state index contributed by atoms with van der Waals surface area (Å²) >= 11 is 0. The molecular formula is C11H10N4O3. The van der Waals surface area contributed by atoms with Crippen LogP contribution in [0.15, 0.2) is 30.5 Å². The second kappa shape index (κ2) is 4.66. The Bertz CT molecular complexity index is 589. The summed E-state index contributed by atoms with van der Waals surface area (Å²) in [6.45, 7) is 1.92. The number of carbonyl (C=O) groups excluding carboxylic acids is 1. The van der Waals surface area contributed by atoms with Crippen LogP contribution in [-0.2, 0) is 0 Å². The van der Waals surface area contributed by atoms with Gasteiger partial charge in [0.1, 0.15) is 6.20 Å². The zero-order valence-corrected chi connectivity index (χ0v) is 9.51. The molecule has 0 spiro atoms. The van der Waals surface area contributed by atoms with Crippen LogP contribution in [0.25, 0.3) is 0 Å². The number of aryl methyl sites for hydroxylation is 1. The third kappa shape index (κ3) is 2.34. The van der Waals surface area contributed by atoms with Crippen molar-refractivity contribution in [2.45, 2.75) is 6.92 Å². The molecule has 1 amide bonds. The monoisotopic (exact) mass is 246 g/mol. The van der Waals surface area contributed by atoms with Gasteiger partial charge in [-0.3, -0.25) is 20.0 Å². The van der Waals surface area contributed by atoms with E-state index in [1.807, 2.05) is 19.1 Å². The second-order valence-electron chi connectivity index (χ2n) is 3.71. The van der Waals surface area contributed by atoms with Crippen LogP contribution >= 0.6 is 0 Å². The van der Waals surface area contributed by atoms with E-state index in [4.69, 9.17) is 0 Å². The van der Waals surface area contributed by atoms with Gasteiger partial charge in [0.25, 0.3) is 5.91 Å². The minimum atomic E-state index is -0.659. The fourth-order valence-electron chi connectivity index (χ4n) is 1.42. The molecule has 1 aromatic heterocycles. The fraction of sp³-hybridized carbons (Fsp3) is 0.0909. The van der Waals surface area contributed by atoms with Crippen LogP contribution in [0, 0.1) is 17.0 Å². The third-order valence-corrected chi connectivity index (χ3v) is 2.35. The number of nitrogens with zero attached hydrogens (tertiary/aromatic N) is 2. The molecule has 0 radical (unpaired) electrons. The molecule has 7 nitrogen and oxygen atoms in total. The Hall–Kier alpha value is -2.70. The summed E-state index contributed by atoms with van der Waals surface area (Å²) in [4.78, 5) is 21.8. The summed E-state index contributed by atoms with van der Waals surface area (Å²) in [5, 5.41) is 19.0. The number of aromatic nitrogens is 2. The summed E-state index contributed by atoms with van der Waals surface area (Å²) in [5.74, 6) is -0.594. The van der Waals surface area contributed by atoms with E-state index in [-0.39, 0.29) is 11.4 Å². The summed E-state index contributed by atoms with van der Waals surface area (Å²) in [6, 6.07) is 7.10. The smallest absolute Gasteiger partial charge is 0.319 e. The molecule has 0 aliphatic heterocycles. The maximum atomic E-state index is 11.8. The summed E-state index contributed by atoms with van der Waals surface area (Å²) < 4.78 is 0. The summed E-state index contributed by atoms with van der Waals surface area (Å²) in [5.41, 5.74) is 1.11. The van der Waals surface area contributed by atoms with Gasteiger partial charge in [-0.2, -0.15) is 5.10 Å². The number of amides is 1. The van der Waals surface area contributed by atoms with Crippen LogP contribution in [0.5, 0.6) is 0 Å². The molecule has 0 aliphatic carbocycles. The van der Waals surface area contributed by atoms with Gasteiger partial charge < -0.3 is 5.32 Å². The lowest BCUT2D eigenvalue weighted by Crippen LogP contribution is -2.14. The van der Waals surface area contributed by atoms with Gasteiger partial charge in [-0.15, -0.1) is 0 Å². The zero-order valence-electron chi connectivity index (χ0n) is 9.51. The molecule has 2 rings (SSSR count). The number of nitro groups is 1. The quantitative estimate of drug-likeness (QED) is 0.637. The highest BCUT2D eigenvalue weighted by Crippen LogP contribution is 2.16. The largest absolute Gasteiger partial charge is 0.320 e. The molecule has 0 saturated heterocycles. The first-order chi connectivity index (χ1) is 8.58. The highest BCUT2D eigenvalue weighted by Gasteiger charge is 2.22. The van der Waals surface area contributed by atoms with Crippen molar-refractivity contribution in [2.24, 2.45) is 0 Å². The van der Waals surface area contributed by atoms with Crippen molar-refractivity contribution >= 4 is 17.3 Å². The van der Waals surface area contributed by atoms with E-state index in [1.165, 1.54) is 0 Å². The first-order valence-corrected chi connectivity index (χ1v) is 5.13. The van der Waals surface area contributed by atoms with E-state index in [0.717, 1.165) is 11.8 Å². The lowest BCUT2D eigenvalue weighted by Gasteiger charge is -2.03. The highest BCUT2D eigenvalue weighted by atomic mass is 16.6. The Kier molecular flexibility index (Phi) is 3.05. The average molecular weight is 246 g/mol. The molecule has 0 fully saturated rings. The Balaban J connectivity index is 2.19. The van der Waals surface area contributed by atoms with Gasteiger partial charge in [-0.1, -0.05) is 17.7 Å². The maximum absolute atomic E-state index is 11.8. The van der Waals surface area contributed by atoms with Crippen LogP contribution in [0.1, 0.15) is 16.1 Å². The van der Waals surface area contributed by atoms with E-state index in [0.29, 0.717) is 5.69 Å². The molecule has 92 valence electrons. The van der Waals surface area contributed by atoms with Crippen molar-refractivity contribution in [2.75, 3.05) is 5.32 Å². The van der Waals surface area contributed by atoms with E-state index in [2.05, 4.69) is 15.5 Å². The van der Waals surface area contributed by atoms with E-state index in [1.54, 1.807) is 12.1 Å². The van der Waals surface area contributed by atoms with Gasteiger partial charge in [0.2, 0.25) is 5.69 Å². The predicted molar refractivity (Wildman–Crippen MR) is 64.4 cm³/mol. The predicted octanol–water partition coefficient (Wildman–Crippen LogP) is 1.88. The molecule has 0 atom stereocenters. The highest BCUT2D eigenvalue weighted by molar-refractivity contribution is 6.05.